The SMILES string of the molecule is CC(C)C[C@@H](C(=O)NN(CC(C)C)S(=O)(=O)CCCN1CCOCC1)[C@H](CC=Cc1ccccc1)C(=O)NO. The van der Waals surface area contributed by atoms with Gasteiger partial charge in [-0.1, -0.05) is 70.2 Å². The molecule has 1 saturated heterocycles. The van der Waals surface area contributed by atoms with Gasteiger partial charge in [0.15, 0.2) is 0 Å². The minimum atomic E-state index is -3.80. The molecule has 0 saturated carbocycles. The monoisotopic (exact) mass is 566 g/mol. The normalized spacial score (nSPS) is 16.6. The maximum Gasteiger partial charge on any atom is 0.247 e. The molecular weight excluding hydrogens is 520 g/mol. The summed E-state index contributed by atoms with van der Waals surface area (Å²) in [7, 11) is -3.80. The zero-order valence-corrected chi connectivity index (χ0v) is 24.5. The quantitative estimate of drug-likeness (QED) is 0.207. The van der Waals surface area contributed by atoms with Crippen LogP contribution in [-0.4, -0.2) is 79.9 Å². The van der Waals surface area contributed by atoms with Crippen LogP contribution in [0.2, 0.25) is 0 Å². The third-order valence-electron chi connectivity index (χ3n) is 6.58. The molecule has 1 aromatic carbocycles. The second-order valence-electron chi connectivity index (χ2n) is 10.9. The van der Waals surface area contributed by atoms with E-state index in [9.17, 15) is 23.2 Å². The predicted molar refractivity (Wildman–Crippen MR) is 152 cm³/mol. The van der Waals surface area contributed by atoms with E-state index in [0.717, 1.165) is 23.1 Å². The zero-order chi connectivity index (χ0) is 28.8. The Kier molecular flexibility index (Phi) is 14.1. The molecule has 3 N–H and O–H groups in total. The molecule has 0 bridgehead atoms. The van der Waals surface area contributed by atoms with Crippen molar-refractivity contribution in [2.45, 2.75) is 47.0 Å². The van der Waals surface area contributed by atoms with E-state index in [2.05, 4.69) is 10.3 Å². The Morgan fingerprint density at radius 3 is 2.31 bits per heavy atom. The fraction of sp³-hybridized carbons (Fsp3) is 0.643. The highest BCUT2D eigenvalue weighted by Crippen LogP contribution is 2.26. The first kappa shape index (κ1) is 32.9. The average Bonchev–Trinajstić information content (AvgIpc) is 2.90. The van der Waals surface area contributed by atoms with Gasteiger partial charge < -0.3 is 4.74 Å². The van der Waals surface area contributed by atoms with Crippen LogP contribution >= 0.6 is 0 Å². The second-order valence-corrected chi connectivity index (χ2v) is 12.9. The number of sulfonamides is 1. The van der Waals surface area contributed by atoms with E-state index in [-0.39, 0.29) is 30.6 Å². The fourth-order valence-electron chi connectivity index (χ4n) is 4.59. The number of hydrazine groups is 1. The fourth-order valence-corrected chi connectivity index (χ4v) is 6.05. The Labute approximate surface area is 233 Å². The van der Waals surface area contributed by atoms with Crippen LogP contribution < -0.4 is 10.9 Å². The van der Waals surface area contributed by atoms with Crippen LogP contribution in [0.5, 0.6) is 0 Å². The lowest BCUT2D eigenvalue weighted by atomic mass is 9.82. The molecule has 1 aromatic rings. The van der Waals surface area contributed by atoms with Crippen LogP contribution in [0.25, 0.3) is 6.08 Å². The van der Waals surface area contributed by atoms with Gasteiger partial charge in [0.05, 0.1) is 30.8 Å². The number of hydrogen-bond donors (Lipinski definition) is 3. The van der Waals surface area contributed by atoms with Gasteiger partial charge in [-0.05, 0) is 43.2 Å². The minimum Gasteiger partial charge on any atom is -0.379 e. The first-order chi connectivity index (χ1) is 18.5. The lowest BCUT2D eigenvalue weighted by Crippen LogP contribution is -2.52. The number of ether oxygens (including phenoxy) is 1. The number of allylic oxidation sites excluding steroid dienone is 1. The summed E-state index contributed by atoms with van der Waals surface area (Å²) in [4.78, 5) is 28.5. The molecule has 1 aliphatic rings. The lowest BCUT2D eigenvalue weighted by Gasteiger charge is -2.30. The molecular formula is C28H46N4O6S. The second kappa shape index (κ2) is 16.7. The van der Waals surface area contributed by atoms with Crippen molar-refractivity contribution in [2.75, 3.05) is 45.1 Å². The number of rotatable bonds is 16. The number of carbonyl (C=O) groups excluding carboxylic acids is 2. The Balaban J connectivity index is 2.18. The number of morpholine rings is 1. The lowest BCUT2D eigenvalue weighted by molar-refractivity contribution is -0.141. The van der Waals surface area contributed by atoms with Gasteiger partial charge in [0.25, 0.3) is 0 Å². The molecule has 39 heavy (non-hydrogen) atoms. The molecule has 1 fully saturated rings. The molecule has 0 radical (unpaired) electrons. The molecule has 10 nitrogen and oxygen atoms in total. The van der Waals surface area contributed by atoms with Gasteiger partial charge in [0, 0.05) is 19.6 Å². The van der Waals surface area contributed by atoms with Crippen LogP contribution in [0.15, 0.2) is 36.4 Å². The average molecular weight is 567 g/mol. The summed E-state index contributed by atoms with van der Waals surface area (Å²) >= 11 is 0. The number of hydroxylamine groups is 1. The Bertz CT molecular complexity index is 1010. The highest BCUT2D eigenvalue weighted by atomic mass is 32.2. The standard InChI is InChI=1S/C28H46N4O6S/c1-22(2)20-26(25(28(34)30-35)13-8-12-24-10-6-5-7-11-24)27(33)29-32(21-23(3)4)39(36,37)19-9-14-31-15-17-38-18-16-31/h5-8,10-12,22-23,25-26,35H,9,13-21H2,1-4H3,(H,29,33)(H,30,34)/t25-,26+/m0/s1. The van der Waals surface area contributed by atoms with E-state index < -0.39 is 33.7 Å². The summed E-state index contributed by atoms with van der Waals surface area (Å²) in [6.07, 6.45) is 4.62. The third kappa shape index (κ3) is 11.8. The summed E-state index contributed by atoms with van der Waals surface area (Å²) in [6.45, 7) is 11.2. The van der Waals surface area contributed by atoms with Crippen molar-refractivity contribution in [1.82, 2.24) is 20.2 Å². The summed E-state index contributed by atoms with van der Waals surface area (Å²) in [5.41, 5.74) is 5.28. The smallest absolute Gasteiger partial charge is 0.247 e. The van der Waals surface area contributed by atoms with E-state index in [1.54, 1.807) is 11.6 Å². The van der Waals surface area contributed by atoms with E-state index in [1.165, 1.54) is 0 Å². The molecule has 2 rings (SSSR count). The summed E-state index contributed by atoms with van der Waals surface area (Å²) in [5, 5.41) is 9.45. The van der Waals surface area contributed by atoms with Crippen molar-refractivity contribution in [3.63, 3.8) is 0 Å². The van der Waals surface area contributed by atoms with Gasteiger partial charge in [-0.3, -0.25) is 25.1 Å². The van der Waals surface area contributed by atoms with E-state index in [1.807, 2.05) is 64.1 Å². The molecule has 0 unspecified atom stereocenters. The van der Waals surface area contributed by atoms with Gasteiger partial charge in [0.2, 0.25) is 21.8 Å². The van der Waals surface area contributed by atoms with Crippen LogP contribution in [0, 0.1) is 23.7 Å². The highest BCUT2D eigenvalue weighted by Gasteiger charge is 2.36. The van der Waals surface area contributed by atoms with Crippen LogP contribution in [-0.2, 0) is 24.3 Å². The molecule has 1 aliphatic heterocycles. The van der Waals surface area contributed by atoms with Crippen LogP contribution in [0.4, 0.5) is 0 Å². The first-order valence-corrected chi connectivity index (χ1v) is 15.4. The molecule has 1 heterocycles. The van der Waals surface area contributed by atoms with Crippen LogP contribution in [0.3, 0.4) is 0 Å². The number of amides is 2. The van der Waals surface area contributed by atoms with Crippen molar-refractivity contribution in [3.8, 4) is 0 Å². The molecule has 220 valence electrons. The molecule has 2 amide bonds. The summed E-state index contributed by atoms with van der Waals surface area (Å²) in [6, 6.07) is 9.55. The summed E-state index contributed by atoms with van der Waals surface area (Å²) < 4.78 is 33.0. The van der Waals surface area contributed by atoms with Gasteiger partial charge in [-0.2, -0.15) is 0 Å². The molecule has 0 spiro atoms. The number of nitrogens with zero attached hydrogens (tertiary/aromatic N) is 2. The maximum absolute atomic E-state index is 13.6. The van der Waals surface area contributed by atoms with Crippen molar-refractivity contribution >= 4 is 27.9 Å². The van der Waals surface area contributed by atoms with Crippen LogP contribution in [0.1, 0.15) is 52.5 Å². The minimum absolute atomic E-state index is 0.0341. The van der Waals surface area contributed by atoms with Gasteiger partial charge >= 0.3 is 0 Å². The number of benzene rings is 1. The molecule has 0 aliphatic carbocycles. The highest BCUT2D eigenvalue weighted by molar-refractivity contribution is 7.89. The largest absolute Gasteiger partial charge is 0.379 e. The van der Waals surface area contributed by atoms with Gasteiger partial charge in [-0.25, -0.2) is 13.9 Å². The van der Waals surface area contributed by atoms with Gasteiger partial charge in [-0.15, -0.1) is 4.41 Å². The first-order valence-electron chi connectivity index (χ1n) is 13.8. The van der Waals surface area contributed by atoms with E-state index in [4.69, 9.17) is 4.74 Å². The zero-order valence-electron chi connectivity index (χ0n) is 23.7. The maximum atomic E-state index is 13.6. The van der Waals surface area contributed by atoms with E-state index >= 15 is 0 Å². The Hall–Kier alpha value is -2.31. The molecule has 11 heteroatoms. The van der Waals surface area contributed by atoms with Crippen molar-refractivity contribution in [1.29, 1.82) is 0 Å². The Morgan fingerprint density at radius 2 is 1.72 bits per heavy atom. The third-order valence-corrected chi connectivity index (χ3v) is 8.29. The predicted octanol–water partition coefficient (Wildman–Crippen LogP) is 2.92. The summed E-state index contributed by atoms with van der Waals surface area (Å²) in [5.74, 6) is -3.06. The van der Waals surface area contributed by atoms with Crippen molar-refractivity contribution < 1.29 is 28.0 Å². The molecule has 2 atom stereocenters. The number of carbonyl (C=O) groups is 2. The molecule has 0 aromatic heterocycles. The number of nitrogens with one attached hydrogen (secondary N) is 2. The van der Waals surface area contributed by atoms with Crippen molar-refractivity contribution in [2.24, 2.45) is 23.7 Å². The van der Waals surface area contributed by atoms with Crippen molar-refractivity contribution in [3.05, 3.63) is 42.0 Å². The Morgan fingerprint density at radius 1 is 1.05 bits per heavy atom. The van der Waals surface area contributed by atoms with E-state index in [0.29, 0.717) is 32.6 Å². The van der Waals surface area contributed by atoms with Gasteiger partial charge in [0.1, 0.15) is 0 Å². The topological polar surface area (TPSA) is 128 Å². The number of hydrogen-bond acceptors (Lipinski definition) is 7.